The Morgan fingerprint density at radius 1 is 1.79 bits per heavy atom. The van der Waals surface area contributed by atoms with E-state index in [0.717, 1.165) is 18.6 Å². The first-order valence-electron chi connectivity index (χ1n) is 5.12. The SMILES string of the molecule is CCC(N)C1(CC(=O)O)CCSC1C. The van der Waals surface area contributed by atoms with Crippen LogP contribution in [0.25, 0.3) is 0 Å². The van der Waals surface area contributed by atoms with Gasteiger partial charge in [-0.15, -0.1) is 0 Å². The summed E-state index contributed by atoms with van der Waals surface area (Å²) >= 11 is 1.85. The summed E-state index contributed by atoms with van der Waals surface area (Å²) in [6.07, 6.45) is 2.02. The maximum absolute atomic E-state index is 10.9. The molecule has 0 bridgehead atoms. The maximum Gasteiger partial charge on any atom is 0.304 e. The van der Waals surface area contributed by atoms with Crippen LogP contribution in [0.15, 0.2) is 0 Å². The molecule has 1 aliphatic rings. The van der Waals surface area contributed by atoms with Gasteiger partial charge in [0.25, 0.3) is 0 Å². The fourth-order valence-electron chi connectivity index (χ4n) is 2.33. The highest BCUT2D eigenvalue weighted by molar-refractivity contribution is 8.00. The van der Waals surface area contributed by atoms with Crippen molar-refractivity contribution in [3.8, 4) is 0 Å². The molecule has 0 aromatic rings. The van der Waals surface area contributed by atoms with Crippen LogP contribution >= 0.6 is 11.8 Å². The van der Waals surface area contributed by atoms with Crippen molar-refractivity contribution in [3.63, 3.8) is 0 Å². The first-order valence-corrected chi connectivity index (χ1v) is 6.16. The molecule has 82 valence electrons. The molecule has 1 rings (SSSR count). The fraction of sp³-hybridized carbons (Fsp3) is 0.900. The number of nitrogens with two attached hydrogens (primary N) is 1. The maximum atomic E-state index is 10.9. The van der Waals surface area contributed by atoms with E-state index in [2.05, 4.69) is 6.92 Å². The molecule has 4 heteroatoms. The van der Waals surface area contributed by atoms with Crippen molar-refractivity contribution in [3.05, 3.63) is 0 Å². The van der Waals surface area contributed by atoms with Gasteiger partial charge in [-0.3, -0.25) is 4.79 Å². The number of hydrogen-bond donors (Lipinski definition) is 2. The van der Waals surface area contributed by atoms with Crippen LogP contribution < -0.4 is 5.73 Å². The summed E-state index contributed by atoms with van der Waals surface area (Å²) in [5.41, 5.74) is 5.90. The third-order valence-corrected chi connectivity index (χ3v) is 4.81. The Balaban J connectivity index is 2.83. The minimum absolute atomic E-state index is 0.0172. The minimum atomic E-state index is -0.719. The number of rotatable bonds is 4. The van der Waals surface area contributed by atoms with Gasteiger partial charge in [0.05, 0.1) is 6.42 Å². The first-order chi connectivity index (χ1) is 6.53. The summed E-state index contributed by atoms with van der Waals surface area (Å²) in [6.45, 7) is 4.14. The second-order valence-corrected chi connectivity index (χ2v) is 5.53. The average molecular weight is 217 g/mol. The van der Waals surface area contributed by atoms with Gasteiger partial charge in [-0.1, -0.05) is 13.8 Å². The molecular formula is C10H19NO2S. The average Bonchev–Trinajstić information content (AvgIpc) is 2.47. The van der Waals surface area contributed by atoms with Crippen LogP contribution in [0, 0.1) is 5.41 Å². The number of carbonyl (C=O) groups is 1. The van der Waals surface area contributed by atoms with Crippen LogP contribution in [0.3, 0.4) is 0 Å². The molecular weight excluding hydrogens is 198 g/mol. The lowest BCUT2D eigenvalue weighted by Gasteiger charge is -2.37. The quantitative estimate of drug-likeness (QED) is 0.752. The Morgan fingerprint density at radius 3 is 2.79 bits per heavy atom. The number of thioether (sulfide) groups is 1. The Morgan fingerprint density at radius 2 is 2.43 bits per heavy atom. The predicted molar refractivity (Wildman–Crippen MR) is 59.5 cm³/mol. The van der Waals surface area contributed by atoms with Crippen LogP contribution in [-0.2, 0) is 4.79 Å². The fourth-order valence-corrected chi connectivity index (χ4v) is 3.89. The van der Waals surface area contributed by atoms with Crippen LogP contribution in [0.2, 0.25) is 0 Å². The zero-order chi connectivity index (χ0) is 10.8. The third-order valence-electron chi connectivity index (χ3n) is 3.40. The van der Waals surface area contributed by atoms with E-state index in [9.17, 15) is 4.79 Å². The molecule has 0 amide bonds. The molecule has 3 unspecified atom stereocenters. The van der Waals surface area contributed by atoms with E-state index in [4.69, 9.17) is 10.8 Å². The van der Waals surface area contributed by atoms with Gasteiger partial charge in [-0.05, 0) is 18.6 Å². The standard InChI is InChI=1S/C10H19NO2S/c1-3-8(11)10(6-9(12)13)4-5-14-7(10)2/h7-8H,3-6,11H2,1-2H3,(H,12,13). The molecule has 0 spiro atoms. The second-order valence-electron chi connectivity index (χ2n) is 4.08. The lowest BCUT2D eigenvalue weighted by molar-refractivity contribution is -0.140. The van der Waals surface area contributed by atoms with E-state index in [0.29, 0.717) is 5.25 Å². The van der Waals surface area contributed by atoms with Crippen molar-refractivity contribution < 1.29 is 9.90 Å². The van der Waals surface area contributed by atoms with Crippen molar-refractivity contribution in [1.29, 1.82) is 0 Å². The van der Waals surface area contributed by atoms with Crippen LogP contribution in [-0.4, -0.2) is 28.1 Å². The van der Waals surface area contributed by atoms with Gasteiger partial charge in [-0.25, -0.2) is 0 Å². The van der Waals surface area contributed by atoms with Gasteiger partial charge in [0.15, 0.2) is 0 Å². The molecule has 0 aromatic carbocycles. The van der Waals surface area contributed by atoms with Gasteiger partial charge >= 0.3 is 5.97 Å². The molecule has 1 fully saturated rings. The summed E-state index contributed by atoms with van der Waals surface area (Å²) in [4.78, 5) is 10.9. The number of carboxylic acids is 1. The smallest absolute Gasteiger partial charge is 0.304 e. The van der Waals surface area contributed by atoms with Crippen LogP contribution in [0.1, 0.15) is 33.1 Å². The summed E-state index contributed by atoms with van der Waals surface area (Å²) in [5, 5.41) is 9.31. The van der Waals surface area contributed by atoms with E-state index in [1.165, 1.54) is 0 Å². The zero-order valence-electron chi connectivity index (χ0n) is 8.82. The van der Waals surface area contributed by atoms with E-state index in [1.54, 1.807) is 0 Å². The molecule has 14 heavy (non-hydrogen) atoms. The highest BCUT2D eigenvalue weighted by Crippen LogP contribution is 2.48. The molecule has 0 aromatic heterocycles. The largest absolute Gasteiger partial charge is 0.481 e. The van der Waals surface area contributed by atoms with Crippen molar-refractivity contribution in [2.75, 3.05) is 5.75 Å². The van der Waals surface area contributed by atoms with Gasteiger partial charge in [-0.2, -0.15) is 11.8 Å². The molecule has 3 N–H and O–H groups in total. The normalized spacial score (nSPS) is 34.4. The molecule has 3 nitrogen and oxygen atoms in total. The van der Waals surface area contributed by atoms with E-state index in [1.807, 2.05) is 18.7 Å². The minimum Gasteiger partial charge on any atom is -0.481 e. The summed E-state index contributed by atoms with van der Waals surface area (Å²) in [7, 11) is 0. The number of carboxylic acid groups (broad SMARTS) is 1. The van der Waals surface area contributed by atoms with Gasteiger partial charge in [0.1, 0.15) is 0 Å². The Bertz CT molecular complexity index is 222. The number of aliphatic carboxylic acids is 1. The topological polar surface area (TPSA) is 63.3 Å². The summed E-state index contributed by atoms with van der Waals surface area (Å²) in [5.74, 6) is 0.325. The Kier molecular flexibility index (Phi) is 3.84. The third kappa shape index (κ3) is 2.06. The molecule has 0 radical (unpaired) electrons. The first kappa shape index (κ1) is 11.9. The van der Waals surface area contributed by atoms with Gasteiger partial charge in [0.2, 0.25) is 0 Å². The molecule has 1 heterocycles. The Labute approximate surface area is 89.4 Å². The van der Waals surface area contributed by atoms with Crippen molar-refractivity contribution in [2.24, 2.45) is 11.1 Å². The van der Waals surface area contributed by atoms with Gasteiger partial charge < -0.3 is 10.8 Å². The van der Waals surface area contributed by atoms with E-state index < -0.39 is 5.97 Å². The predicted octanol–water partition coefficient (Wildman–Crippen LogP) is 1.71. The lowest BCUT2D eigenvalue weighted by atomic mass is 9.72. The molecule has 3 atom stereocenters. The lowest BCUT2D eigenvalue weighted by Crippen LogP contribution is -2.46. The Hall–Kier alpha value is -0.220. The highest BCUT2D eigenvalue weighted by atomic mass is 32.2. The highest BCUT2D eigenvalue weighted by Gasteiger charge is 2.46. The van der Waals surface area contributed by atoms with Gasteiger partial charge in [0, 0.05) is 16.7 Å². The molecule has 0 aliphatic carbocycles. The van der Waals surface area contributed by atoms with E-state index >= 15 is 0 Å². The van der Waals surface area contributed by atoms with Crippen LogP contribution in [0.5, 0.6) is 0 Å². The van der Waals surface area contributed by atoms with Crippen molar-refractivity contribution >= 4 is 17.7 Å². The van der Waals surface area contributed by atoms with Crippen molar-refractivity contribution in [1.82, 2.24) is 0 Å². The monoisotopic (exact) mass is 217 g/mol. The van der Waals surface area contributed by atoms with E-state index in [-0.39, 0.29) is 17.9 Å². The van der Waals surface area contributed by atoms with Crippen molar-refractivity contribution in [2.45, 2.75) is 44.4 Å². The zero-order valence-corrected chi connectivity index (χ0v) is 9.64. The second kappa shape index (κ2) is 4.53. The summed E-state index contributed by atoms with van der Waals surface area (Å²) < 4.78 is 0. The molecule has 1 aliphatic heterocycles. The van der Waals surface area contributed by atoms with Crippen LogP contribution in [0.4, 0.5) is 0 Å². The summed E-state index contributed by atoms with van der Waals surface area (Å²) in [6, 6.07) is 0.0172. The molecule has 0 saturated carbocycles. The number of hydrogen-bond acceptors (Lipinski definition) is 3. The molecule has 1 saturated heterocycles.